The minimum Gasteiger partial charge on any atom is -0.481 e. The third-order valence-electron chi connectivity index (χ3n) is 2.45. The Morgan fingerprint density at radius 3 is 2.83 bits per heavy atom. The van der Waals surface area contributed by atoms with Gasteiger partial charge in [-0.3, -0.25) is 9.48 Å². The highest BCUT2D eigenvalue weighted by atomic mass is 16.4. The van der Waals surface area contributed by atoms with E-state index in [9.17, 15) is 9.59 Å². The minimum absolute atomic E-state index is 0.0881. The number of carboxylic acid groups (broad SMARTS) is 1. The number of carbonyl (C=O) groups excluding carboxylic acids is 1. The number of nitrogens with one attached hydrogen (secondary N) is 2. The molecule has 3 N–H and O–H groups in total. The van der Waals surface area contributed by atoms with Gasteiger partial charge in [-0.25, -0.2) is 4.79 Å². The number of carboxylic acids is 1. The van der Waals surface area contributed by atoms with Crippen molar-refractivity contribution in [1.29, 1.82) is 0 Å². The average molecular weight is 254 g/mol. The highest BCUT2D eigenvalue weighted by Gasteiger charge is 2.10. The lowest BCUT2D eigenvalue weighted by Crippen LogP contribution is -2.42. The molecule has 1 atom stereocenters. The molecule has 100 valence electrons. The van der Waals surface area contributed by atoms with Crippen LogP contribution in [0.1, 0.15) is 19.0 Å². The monoisotopic (exact) mass is 254 g/mol. The number of hydrogen-bond donors (Lipinski definition) is 3. The molecule has 0 aliphatic rings. The van der Waals surface area contributed by atoms with Crippen LogP contribution in [-0.4, -0.2) is 39.5 Å². The lowest BCUT2D eigenvalue weighted by molar-refractivity contribution is -0.137. The van der Waals surface area contributed by atoms with Gasteiger partial charge in [-0.2, -0.15) is 5.10 Å². The van der Waals surface area contributed by atoms with Crippen molar-refractivity contribution in [2.45, 2.75) is 25.8 Å². The van der Waals surface area contributed by atoms with E-state index in [0.29, 0.717) is 13.0 Å². The summed E-state index contributed by atoms with van der Waals surface area (Å²) in [6, 6.07) is 1.14. The molecule has 1 aromatic heterocycles. The van der Waals surface area contributed by atoms with Crippen molar-refractivity contribution in [2.24, 2.45) is 7.05 Å². The number of nitrogens with zero attached hydrogens (tertiary/aromatic N) is 2. The van der Waals surface area contributed by atoms with Crippen LogP contribution in [0.15, 0.2) is 12.3 Å². The van der Waals surface area contributed by atoms with Crippen LogP contribution in [0.25, 0.3) is 0 Å². The van der Waals surface area contributed by atoms with Gasteiger partial charge >= 0.3 is 12.0 Å². The molecule has 1 unspecified atom stereocenters. The van der Waals surface area contributed by atoms with E-state index in [-0.39, 0.29) is 18.5 Å². The quantitative estimate of drug-likeness (QED) is 0.672. The molecule has 1 aromatic rings. The summed E-state index contributed by atoms with van der Waals surface area (Å²) in [5.41, 5.74) is 1.02. The Hall–Kier alpha value is -2.05. The summed E-state index contributed by atoms with van der Waals surface area (Å²) in [6.07, 6.45) is 2.29. The molecule has 0 fully saturated rings. The van der Waals surface area contributed by atoms with E-state index in [0.717, 1.165) is 5.69 Å². The normalized spacial score (nSPS) is 11.9. The van der Waals surface area contributed by atoms with Crippen LogP contribution in [0.2, 0.25) is 0 Å². The van der Waals surface area contributed by atoms with Crippen LogP contribution in [-0.2, 0) is 18.3 Å². The molecule has 7 heteroatoms. The summed E-state index contributed by atoms with van der Waals surface area (Å²) in [6.45, 7) is 2.12. The maximum Gasteiger partial charge on any atom is 0.315 e. The van der Waals surface area contributed by atoms with E-state index >= 15 is 0 Å². The van der Waals surface area contributed by atoms with Gasteiger partial charge in [0.1, 0.15) is 0 Å². The summed E-state index contributed by atoms with van der Waals surface area (Å²) < 4.78 is 1.74. The zero-order valence-corrected chi connectivity index (χ0v) is 10.5. The van der Waals surface area contributed by atoms with Crippen molar-refractivity contribution in [3.05, 3.63) is 18.0 Å². The first-order valence-corrected chi connectivity index (χ1v) is 5.72. The number of aryl methyl sites for hydroxylation is 1. The van der Waals surface area contributed by atoms with Gasteiger partial charge in [-0.1, -0.05) is 0 Å². The summed E-state index contributed by atoms with van der Waals surface area (Å²) in [5.74, 6) is -0.933. The third kappa shape index (κ3) is 4.86. The van der Waals surface area contributed by atoms with Gasteiger partial charge in [-0.05, 0) is 13.0 Å². The Morgan fingerprint density at radius 2 is 2.28 bits per heavy atom. The lowest BCUT2D eigenvalue weighted by Gasteiger charge is -2.12. The van der Waals surface area contributed by atoms with Gasteiger partial charge in [0.25, 0.3) is 0 Å². The molecule has 0 spiro atoms. The molecule has 0 saturated heterocycles. The first-order chi connectivity index (χ1) is 8.49. The molecule has 0 radical (unpaired) electrons. The average Bonchev–Trinajstić information content (AvgIpc) is 2.63. The molecule has 0 bridgehead atoms. The lowest BCUT2D eigenvalue weighted by atomic mass is 10.2. The molecule has 1 heterocycles. The highest BCUT2D eigenvalue weighted by molar-refractivity contribution is 5.75. The predicted octanol–water partition coefficient (Wildman–Crippen LogP) is 0.125. The molecular weight excluding hydrogens is 236 g/mol. The first-order valence-electron chi connectivity index (χ1n) is 5.72. The van der Waals surface area contributed by atoms with E-state index in [1.165, 1.54) is 0 Å². The molecule has 7 nitrogen and oxygen atoms in total. The summed E-state index contributed by atoms with van der Waals surface area (Å²) in [5, 5.41) is 17.8. The largest absolute Gasteiger partial charge is 0.481 e. The second-order valence-corrected chi connectivity index (χ2v) is 4.10. The fourth-order valence-corrected chi connectivity index (χ4v) is 1.54. The molecule has 1 rings (SSSR count). The van der Waals surface area contributed by atoms with Crippen LogP contribution in [0, 0.1) is 0 Å². The molecule has 2 amide bonds. The second-order valence-electron chi connectivity index (χ2n) is 4.10. The van der Waals surface area contributed by atoms with Gasteiger partial charge in [-0.15, -0.1) is 0 Å². The maximum absolute atomic E-state index is 11.4. The van der Waals surface area contributed by atoms with E-state index in [1.54, 1.807) is 17.8 Å². The molecule has 0 aliphatic heterocycles. The number of rotatable bonds is 6. The highest BCUT2D eigenvalue weighted by Crippen LogP contribution is 1.96. The van der Waals surface area contributed by atoms with Crippen molar-refractivity contribution in [3.8, 4) is 0 Å². The van der Waals surface area contributed by atoms with Crippen LogP contribution >= 0.6 is 0 Å². The van der Waals surface area contributed by atoms with E-state index in [2.05, 4.69) is 15.7 Å². The van der Waals surface area contributed by atoms with E-state index in [1.807, 2.05) is 13.1 Å². The standard InChI is InChI=1S/C11H18N4O3/c1-8(7-10(16)17)14-11(18)12-5-3-9-4-6-13-15(9)2/h4,6,8H,3,5,7H2,1-2H3,(H,16,17)(H2,12,14,18). The molecular formula is C11H18N4O3. The Kier molecular flexibility index (Phi) is 5.16. The van der Waals surface area contributed by atoms with Crippen LogP contribution in [0.4, 0.5) is 4.79 Å². The SMILES string of the molecule is CC(CC(=O)O)NC(=O)NCCc1ccnn1C. The van der Waals surface area contributed by atoms with Gasteiger partial charge in [0, 0.05) is 37.9 Å². The summed E-state index contributed by atoms with van der Waals surface area (Å²) in [4.78, 5) is 21.8. The minimum atomic E-state index is -0.933. The number of amides is 2. The van der Waals surface area contributed by atoms with Crippen LogP contribution in [0.5, 0.6) is 0 Å². The van der Waals surface area contributed by atoms with Crippen molar-refractivity contribution in [1.82, 2.24) is 20.4 Å². The van der Waals surface area contributed by atoms with E-state index < -0.39 is 5.97 Å². The Balaban J connectivity index is 2.21. The van der Waals surface area contributed by atoms with Gasteiger partial charge in [0.05, 0.1) is 6.42 Å². The van der Waals surface area contributed by atoms with Gasteiger partial charge in [0.2, 0.25) is 0 Å². The Bertz CT molecular complexity index is 416. The third-order valence-corrected chi connectivity index (χ3v) is 2.45. The second kappa shape index (κ2) is 6.63. The smallest absolute Gasteiger partial charge is 0.315 e. The number of carbonyl (C=O) groups is 2. The number of aliphatic carboxylic acids is 1. The van der Waals surface area contributed by atoms with Crippen LogP contribution in [0.3, 0.4) is 0 Å². The summed E-state index contributed by atoms with van der Waals surface area (Å²) >= 11 is 0. The summed E-state index contributed by atoms with van der Waals surface area (Å²) in [7, 11) is 1.84. The van der Waals surface area contributed by atoms with Crippen molar-refractivity contribution >= 4 is 12.0 Å². The number of aromatic nitrogens is 2. The van der Waals surface area contributed by atoms with Gasteiger partial charge < -0.3 is 15.7 Å². The van der Waals surface area contributed by atoms with Crippen LogP contribution < -0.4 is 10.6 Å². The Morgan fingerprint density at radius 1 is 1.56 bits per heavy atom. The zero-order chi connectivity index (χ0) is 13.5. The van der Waals surface area contributed by atoms with Crippen molar-refractivity contribution < 1.29 is 14.7 Å². The molecule has 18 heavy (non-hydrogen) atoms. The fourth-order valence-electron chi connectivity index (χ4n) is 1.54. The fraction of sp³-hybridized carbons (Fsp3) is 0.545. The number of hydrogen-bond acceptors (Lipinski definition) is 3. The predicted molar refractivity (Wildman–Crippen MR) is 65.2 cm³/mol. The molecule has 0 aromatic carbocycles. The molecule has 0 aliphatic carbocycles. The first kappa shape index (κ1) is 14.0. The van der Waals surface area contributed by atoms with Crippen molar-refractivity contribution in [2.75, 3.05) is 6.54 Å². The topological polar surface area (TPSA) is 96.2 Å². The number of urea groups is 1. The Labute approximate surface area is 105 Å². The van der Waals surface area contributed by atoms with E-state index in [4.69, 9.17) is 5.11 Å². The van der Waals surface area contributed by atoms with Gasteiger partial charge in [0.15, 0.2) is 0 Å². The molecule has 0 saturated carbocycles. The van der Waals surface area contributed by atoms with Crippen molar-refractivity contribution in [3.63, 3.8) is 0 Å². The zero-order valence-electron chi connectivity index (χ0n) is 10.5. The maximum atomic E-state index is 11.4.